The first-order valence-corrected chi connectivity index (χ1v) is 11.8. The number of nitrogens with two attached hydrogens (primary N) is 1. The molecule has 4 rings (SSSR count). The predicted molar refractivity (Wildman–Crippen MR) is 129 cm³/mol. The fraction of sp³-hybridized carbons (Fsp3) is 0.192. The minimum atomic E-state index is -0.960. The molecule has 3 atom stereocenters. The Morgan fingerprint density at radius 1 is 0.912 bits per heavy atom. The minimum Gasteiger partial charge on any atom is -0.445 e. The van der Waals surface area contributed by atoms with Gasteiger partial charge >= 0.3 is 6.09 Å². The molecule has 2 amide bonds. The molecule has 174 valence electrons. The van der Waals surface area contributed by atoms with Crippen LogP contribution in [0.3, 0.4) is 0 Å². The Hall–Kier alpha value is -3.62. The largest absolute Gasteiger partial charge is 0.445 e. The number of nitrogens with one attached hydrogen (secondary N) is 1. The number of alkyl carbamates (subject to hydrolysis) is 1. The van der Waals surface area contributed by atoms with Gasteiger partial charge in [-0.05, 0) is 29.7 Å². The highest BCUT2D eigenvalue weighted by Gasteiger charge is 2.52. The SMILES string of the molecule is NN1C(=O)[C@H](C(=O)[C@H](Cc2ccccc2)NC(=O)OCc2ccccc2)[C@@H]1Sc1ccccc1. The van der Waals surface area contributed by atoms with Crippen molar-refractivity contribution in [2.24, 2.45) is 11.8 Å². The number of hydrogen-bond donors (Lipinski definition) is 2. The lowest BCUT2D eigenvalue weighted by Gasteiger charge is -2.43. The summed E-state index contributed by atoms with van der Waals surface area (Å²) in [5, 5.41) is 3.20. The Balaban J connectivity index is 1.48. The molecule has 3 aromatic rings. The molecule has 1 aliphatic rings. The van der Waals surface area contributed by atoms with Gasteiger partial charge in [0.25, 0.3) is 5.91 Å². The quantitative estimate of drug-likeness (QED) is 0.212. The second-order valence-electron chi connectivity index (χ2n) is 7.90. The van der Waals surface area contributed by atoms with Crippen molar-refractivity contribution in [1.82, 2.24) is 10.3 Å². The summed E-state index contributed by atoms with van der Waals surface area (Å²) in [6, 6.07) is 27.1. The molecule has 1 saturated heterocycles. The highest BCUT2D eigenvalue weighted by Crippen LogP contribution is 2.38. The van der Waals surface area contributed by atoms with Crippen LogP contribution in [0.25, 0.3) is 0 Å². The monoisotopic (exact) mass is 475 g/mol. The van der Waals surface area contributed by atoms with Gasteiger partial charge in [0.2, 0.25) is 0 Å². The van der Waals surface area contributed by atoms with Crippen LogP contribution in [0.1, 0.15) is 11.1 Å². The first-order valence-electron chi connectivity index (χ1n) is 10.9. The number of hydrogen-bond acceptors (Lipinski definition) is 6. The molecule has 1 heterocycles. The van der Waals surface area contributed by atoms with Crippen molar-refractivity contribution in [3.8, 4) is 0 Å². The Kier molecular flexibility index (Phi) is 7.61. The summed E-state index contributed by atoms with van der Waals surface area (Å²) in [4.78, 5) is 39.5. The lowest BCUT2D eigenvalue weighted by Crippen LogP contribution is -2.67. The van der Waals surface area contributed by atoms with E-state index in [0.717, 1.165) is 21.0 Å². The molecule has 1 fully saturated rings. The van der Waals surface area contributed by atoms with Crippen molar-refractivity contribution >= 4 is 29.5 Å². The molecule has 34 heavy (non-hydrogen) atoms. The molecule has 0 aliphatic carbocycles. The zero-order chi connectivity index (χ0) is 23.9. The van der Waals surface area contributed by atoms with Crippen molar-refractivity contribution in [3.63, 3.8) is 0 Å². The number of carbonyl (C=O) groups excluding carboxylic acids is 3. The average molecular weight is 476 g/mol. The fourth-order valence-corrected chi connectivity index (χ4v) is 4.91. The predicted octanol–water partition coefficient (Wildman–Crippen LogP) is 3.54. The maximum absolute atomic E-state index is 13.5. The van der Waals surface area contributed by atoms with Gasteiger partial charge in [0.1, 0.15) is 17.9 Å². The molecule has 3 aromatic carbocycles. The van der Waals surface area contributed by atoms with E-state index in [4.69, 9.17) is 10.6 Å². The van der Waals surface area contributed by atoms with E-state index in [9.17, 15) is 14.4 Å². The molecule has 0 unspecified atom stereocenters. The Morgan fingerprint density at radius 3 is 2.09 bits per heavy atom. The molecular weight excluding hydrogens is 450 g/mol. The molecule has 8 heteroatoms. The van der Waals surface area contributed by atoms with E-state index in [-0.39, 0.29) is 18.8 Å². The molecule has 0 radical (unpaired) electrons. The van der Waals surface area contributed by atoms with Gasteiger partial charge in [-0.2, -0.15) is 0 Å². The van der Waals surface area contributed by atoms with Gasteiger partial charge in [-0.25, -0.2) is 10.6 Å². The van der Waals surface area contributed by atoms with Crippen LogP contribution < -0.4 is 11.2 Å². The standard InChI is InChI=1S/C26H25N3O4S/c27-29-24(31)22(25(29)34-20-14-8-3-9-15-20)23(30)21(16-18-10-4-1-5-11-18)28-26(32)33-17-19-12-6-2-7-13-19/h1-15,21-22,25H,16-17,27H2,(H,28,32)/t21-,22-,25-/m0/s1. The second-order valence-corrected chi connectivity index (χ2v) is 9.09. The van der Waals surface area contributed by atoms with E-state index < -0.39 is 29.3 Å². The van der Waals surface area contributed by atoms with Gasteiger partial charge in [0.05, 0.1) is 6.04 Å². The van der Waals surface area contributed by atoms with Gasteiger partial charge in [-0.1, -0.05) is 90.6 Å². The van der Waals surface area contributed by atoms with E-state index in [0.29, 0.717) is 0 Å². The van der Waals surface area contributed by atoms with Gasteiger partial charge in [0, 0.05) is 4.90 Å². The zero-order valence-corrected chi connectivity index (χ0v) is 19.2. The molecule has 0 aromatic heterocycles. The summed E-state index contributed by atoms with van der Waals surface area (Å²) < 4.78 is 5.32. The van der Waals surface area contributed by atoms with E-state index >= 15 is 0 Å². The summed E-state index contributed by atoms with van der Waals surface area (Å²) in [6.07, 6.45) is -0.487. The van der Waals surface area contributed by atoms with Crippen LogP contribution in [0, 0.1) is 5.92 Å². The van der Waals surface area contributed by atoms with Gasteiger partial charge in [-0.3, -0.25) is 14.6 Å². The molecule has 0 saturated carbocycles. The topological polar surface area (TPSA) is 102 Å². The number of β-lactam (4-membered cyclic amide) rings is 1. The third-order valence-electron chi connectivity index (χ3n) is 5.52. The van der Waals surface area contributed by atoms with Gasteiger partial charge in [0.15, 0.2) is 5.78 Å². The van der Waals surface area contributed by atoms with Crippen LogP contribution in [0.15, 0.2) is 95.9 Å². The van der Waals surface area contributed by atoms with Crippen LogP contribution in [0.2, 0.25) is 0 Å². The first kappa shape index (κ1) is 23.5. The smallest absolute Gasteiger partial charge is 0.408 e. The zero-order valence-electron chi connectivity index (χ0n) is 18.4. The number of ether oxygens (including phenoxy) is 1. The molecule has 0 spiro atoms. The molecule has 7 nitrogen and oxygen atoms in total. The highest BCUT2D eigenvalue weighted by molar-refractivity contribution is 8.00. The van der Waals surface area contributed by atoms with Gasteiger partial charge < -0.3 is 10.1 Å². The maximum atomic E-state index is 13.5. The van der Waals surface area contributed by atoms with Crippen molar-refractivity contribution in [1.29, 1.82) is 0 Å². The molecule has 1 aliphatic heterocycles. The fourth-order valence-electron chi connectivity index (χ4n) is 3.71. The number of carbonyl (C=O) groups is 3. The number of hydrazine groups is 1. The van der Waals surface area contributed by atoms with Gasteiger partial charge in [-0.15, -0.1) is 0 Å². The molecular formula is C26H25N3O4S. The Labute approximate surface area is 202 Å². The number of Topliss-reactive ketones (excluding diaryl/α,β-unsaturated/α-hetero) is 1. The first-order chi connectivity index (χ1) is 16.5. The summed E-state index contributed by atoms with van der Waals surface area (Å²) in [6.45, 7) is 0.0738. The van der Waals surface area contributed by atoms with E-state index in [1.54, 1.807) is 0 Å². The normalized spacial score (nSPS) is 18.0. The van der Waals surface area contributed by atoms with Crippen LogP contribution in [0.4, 0.5) is 4.79 Å². The number of ketones is 1. The Morgan fingerprint density at radius 2 is 1.47 bits per heavy atom. The number of rotatable bonds is 9. The van der Waals surface area contributed by atoms with Crippen LogP contribution in [0.5, 0.6) is 0 Å². The van der Waals surface area contributed by atoms with Crippen molar-refractivity contribution < 1.29 is 19.1 Å². The summed E-state index contributed by atoms with van der Waals surface area (Å²) in [5.74, 6) is 4.10. The molecule has 3 N–H and O–H groups in total. The summed E-state index contributed by atoms with van der Waals surface area (Å²) >= 11 is 1.34. The lowest BCUT2D eigenvalue weighted by molar-refractivity contribution is -0.156. The van der Waals surface area contributed by atoms with Crippen LogP contribution in [-0.2, 0) is 27.4 Å². The van der Waals surface area contributed by atoms with Crippen molar-refractivity contribution in [2.75, 3.05) is 0 Å². The summed E-state index contributed by atoms with van der Waals surface area (Å²) in [5.41, 5.74) is 1.68. The van der Waals surface area contributed by atoms with Crippen molar-refractivity contribution in [3.05, 3.63) is 102 Å². The highest BCUT2D eigenvalue weighted by atomic mass is 32.2. The molecule has 0 bridgehead atoms. The number of amides is 2. The number of thioether (sulfide) groups is 1. The van der Waals surface area contributed by atoms with Crippen molar-refractivity contribution in [2.45, 2.75) is 29.3 Å². The van der Waals surface area contributed by atoms with E-state index in [2.05, 4.69) is 5.32 Å². The summed E-state index contributed by atoms with van der Waals surface area (Å²) in [7, 11) is 0. The van der Waals surface area contributed by atoms with E-state index in [1.807, 2.05) is 91.0 Å². The minimum absolute atomic E-state index is 0.0738. The maximum Gasteiger partial charge on any atom is 0.408 e. The third kappa shape index (κ3) is 5.65. The average Bonchev–Trinajstić information content (AvgIpc) is 2.88. The number of benzene rings is 3. The van der Waals surface area contributed by atoms with E-state index in [1.165, 1.54) is 11.8 Å². The second kappa shape index (κ2) is 11.0. The lowest BCUT2D eigenvalue weighted by atomic mass is 9.88. The van der Waals surface area contributed by atoms with Crippen LogP contribution in [-0.4, -0.2) is 34.2 Å². The third-order valence-corrected chi connectivity index (χ3v) is 6.80. The Bertz CT molecular complexity index is 1130. The number of nitrogens with zero attached hydrogens (tertiary/aromatic N) is 1. The van der Waals surface area contributed by atoms with Crippen LogP contribution >= 0.6 is 11.8 Å².